The first-order chi connectivity index (χ1) is 12.1. The number of nitrogens with zero attached hydrogens (tertiary/aromatic N) is 5. The summed E-state index contributed by atoms with van der Waals surface area (Å²) in [7, 11) is 1.73. The monoisotopic (exact) mass is 341 g/mol. The summed E-state index contributed by atoms with van der Waals surface area (Å²) in [4.78, 5) is 22.1. The van der Waals surface area contributed by atoms with Crippen LogP contribution in [0.25, 0.3) is 11.5 Å². The zero-order chi connectivity index (χ0) is 17.4. The fourth-order valence-electron chi connectivity index (χ4n) is 2.96. The van der Waals surface area contributed by atoms with E-state index in [4.69, 9.17) is 4.52 Å². The van der Waals surface area contributed by atoms with Crippen LogP contribution in [0.1, 0.15) is 22.7 Å². The van der Waals surface area contributed by atoms with Crippen molar-refractivity contribution in [1.82, 2.24) is 24.6 Å². The minimum Gasteiger partial charge on any atom is -0.334 e. The van der Waals surface area contributed by atoms with Crippen molar-refractivity contribution in [2.45, 2.75) is 12.1 Å². The van der Waals surface area contributed by atoms with Crippen LogP contribution in [0.15, 0.2) is 47.4 Å². The Morgan fingerprint density at radius 1 is 1.32 bits per heavy atom. The Bertz CT molecular complexity index is 907. The maximum absolute atomic E-state index is 15.3. The number of hydrogen-bond acceptors (Lipinski definition) is 5. The van der Waals surface area contributed by atoms with Gasteiger partial charge in [0.25, 0.3) is 11.8 Å². The normalized spacial score (nSPS) is 20.2. The Labute approximate surface area is 143 Å². The Hall–Kier alpha value is -3.03. The third-order valence-electron chi connectivity index (χ3n) is 4.39. The van der Waals surface area contributed by atoms with Crippen molar-refractivity contribution in [2.24, 2.45) is 7.05 Å². The predicted molar refractivity (Wildman–Crippen MR) is 86.2 cm³/mol. The smallest absolute Gasteiger partial charge is 0.272 e. The molecule has 0 bridgehead atoms. The van der Waals surface area contributed by atoms with Crippen molar-refractivity contribution in [3.63, 3.8) is 0 Å². The Morgan fingerprint density at radius 2 is 2.12 bits per heavy atom. The van der Waals surface area contributed by atoms with E-state index in [2.05, 4.69) is 15.1 Å². The zero-order valence-corrected chi connectivity index (χ0v) is 13.6. The Balaban J connectivity index is 1.55. The van der Waals surface area contributed by atoms with E-state index >= 15 is 4.39 Å². The van der Waals surface area contributed by atoms with E-state index in [0.29, 0.717) is 5.69 Å². The van der Waals surface area contributed by atoms with Gasteiger partial charge in [-0.1, -0.05) is 23.4 Å². The van der Waals surface area contributed by atoms with Crippen LogP contribution < -0.4 is 0 Å². The van der Waals surface area contributed by atoms with Crippen molar-refractivity contribution in [1.29, 1.82) is 0 Å². The summed E-state index contributed by atoms with van der Waals surface area (Å²) < 4.78 is 22.1. The van der Waals surface area contributed by atoms with Crippen LogP contribution in [0.4, 0.5) is 4.39 Å². The van der Waals surface area contributed by atoms with Crippen LogP contribution in [-0.2, 0) is 12.7 Å². The van der Waals surface area contributed by atoms with E-state index < -0.39 is 5.67 Å². The number of rotatable bonds is 3. The van der Waals surface area contributed by atoms with Gasteiger partial charge >= 0.3 is 0 Å². The molecule has 25 heavy (non-hydrogen) atoms. The molecule has 0 spiro atoms. The molecule has 4 rings (SSSR count). The summed E-state index contributed by atoms with van der Waals surface area (Å²) in [5.74, 6) is -0.0120. The van der Waals surface area contributed by atoms with Crippen molar-refractivity contribution < 1.29 is 13.7 Å². The molecule has 0 saturated carbocycles. The Kier molecular flexibility index (Phi) is 3.60. The minimum absolute atomic E-state index is 0.0216. The number of aromatic nitrogens is 4. The first-order valence-electron chi connectivity index (χ1n) is 7.91. The highest BCUT2D eigenvalue weighted by Crippen LogP contribution is 2.35. The van der Waals surface area contributed by atoms with Crippen LogP contribution in [0.5, 0.6) is 0 Å². The summed E-state index contributed by atoms with van der Waals surface area (Å²) in [5.41, 5.74) is -0.668. The van der Waals surface area contributed by atoms with Gasteiger partial charge in [0.2, 0.25) is 5.82 Å². The lowest BCUT2D eigenvalue weighted by Gasteiger charge is -2.18. The second kappa shape index (κ2) is 5.80. The van der Waals surface area contributed by atoms with Gasteiger partial charge in [0.05, 0.1) is 19.1 Å². The molecule has 2 aromatic heterocycles. The number of hydrogen-bond donors (Lipinski definition) is 0. The van der Waals surface area contributed by atoms with Gasteiger partial charge < -0.3 is 14.0 Å². The first kappa shape index (κ1) is 15.5. The highest BCUT2D eigenvalue weighted by molar-refractivity contribution is 5.92. The number of imidazole rings is 1. The molecule has 1 atom stereocenters. The molecule has 0 N–H and O–H groups in total. The van der Waals surface area contributed by atoms with Gasteiger partial charge in [-0.2, -0.15) is 4.98 Å². The number of aryl methyl sites for hydroxylation is 1. The first-order valence-corrected chi connectivity index (χ1v) is 7.91. The standard InChI is InChI=1S/C17H16FN5O2/c1-22-11-19-9-13(22)15(24)23-8-7-17(18,10-23)16-20-14(25-21-16)12-5-3-2-4-6-12/h2-6,9,11H,7-8,10H2,1H3. The number of halogens is 1. The molecule has 1 aliphatic rings. The molecule has 1 aliphatic heterocycles. The van der Waals surface area contributed by atoms with Gasteiger partial charge in [0.15, 0.2) is 5.67 Å². The maximum Gasteiger partial charge on any atom is 0.272 e. The van der Waals surface area contributed by atoms with E-state index in [-0.39, 0.29) is 37.1 Å². The van der Waals surface area contributed by atoms with Crippen molar-refractivity contribution in [3.8, 4) is 11.5 Å². The molecule has 1 unspecified atom stereocenters. The number of carbonyl (C=O) groups excluding carboxylic acids is 1. The van der Waals surface area contributed by atoms with Crippen molar-refractivity contribution in [2.75, 3.05) is 13.1 Å². The number of likely N-dealkylation sites (tertiary alicyclic amines) is 1. The minimum atomic E-state index is -1.81. The molecule has 1 aromatic carbocycles. The van der Waals surface area contributed by atoms with Crippen molar-refractivity contribution >= 4 is 5.91 Å². The van der Waals surface area contributed by atoms with Gasteiger partial charge in [-0.15, -0.1) is 0 Å². The van der Waals surface area contributed by atoms with Gasteiger partial charge in [-0.25, -0.2) is 9.37 Å². The SMILES string of the molecule is Cn1cncc1C(=O)N1CCC(F)(c2noc(-c3ccccc3)n2)C1. The number of carbonyl (C=O) groups is 1. The highest BCUT2D eigenvalue weighted by atomic mass is 19.1. The second-order valence-corrected chi connectivity index (χ2v) is 6.12. The van der Waals surface area contributed by atoms with Gasteiger partial charge in [0.1, 0.15) is 5.69 Å². The number of amides is 1. The quantitative estimate of drug-likeness (QED) is 0.730. The summed E-state index contributed by atoms with van der Waals surface area (Å²) in [5, 5.41) is 3.80. The number of benzene rings is 1. The average Bonchev–Trinajstić information content (AvgIpc) is 3.35. The molecule has 0 radical (unpaired) electrons. The predicted octanol–water partition coefficient (Wildman–Crippen LogP) is 2.18. The molecule has 1 fully saturated rings. The third kappa shape index (κ3) is 2.69. The van der Waals surface area contributed by atoms with E-state index in [1.54, 1.807) is 11.6 Å². The Morgan fingerprint density at radius 3 is 2.84 bits per heavy atom. The summed E-state index contributed by atoms with van der Waals surface area (Å²) in [6.45, 7) is 0.181. The van der Waals surface area contributed by atoms with E-state index in [1.165, 1.54) is 17.4 Å². The summed E-state index contributed by atoms with van der Waals surface area (Å²) >= 11 is 0. The zero-order valence-electron chi connectivity index (χ0n) is 13.6. The molecule has 3 heterocycles. The molecule has 7 nitrogen and oxygen atoms in total. The van der Waals surface area contributed by atoms with Crippen LogP contribution in [0.2, 0.25) is 0 Å². The average molecular weight is 341 g/mol. The van der Waals surface area contributed by atoms with E-state index in [0.717, 1.165) is 5.56 Å². The molecule has 1 saturated heterocycles. The fraction of sp³-hybridized carbons (Fsp3) is 0.294. The molecule has 128 valence electrons. The topological polar surface area (TPSA) is 77.0 Å². The lowest BCUT2D eigenvalue weighted by atomic mass is 10.1. The van der Waals surface area contributed by atoms with Gasteiger partial charge in [0, 0.05) is 25.6 Å². The molecule has 0 aliphatic carbocycles. The molecule has 8 heteroatoms. The summed E-state index contributed by atoms with van der Waals surface area (Å²) in [6.07, 6.45) is 3.14. The molecule has 3 aromatic rings. The molecule has 1 amide bonds. The summed E-state index contributed by atoms with van der Waals surface area (Å²) in [6, 6.07) is 9.18. The molecular weight excluding hydrogens is 325 g/mol. The second-order valence-electron chi connectivity index (χ2n) is 6.12. The number of alkyl halides is 1. The van der Waals surface area contributed by atoms with Gasteiger partial charge in [-0.3, -0.25) is 4.79 Å². The van der Waals surface area contributed by atoms with Crippen LogP contribution >= 0.6 is 0 Å². The molecular formula is C17H16FN5O2. The van der Waals surface area contributed by atoms with Crippen LogP contribution in [0.3, 0.4) is 0 Å². The van der Waals surface area contributed by atoms with E-state index in [1.807, 2.05) is 30.3 Å². The largest absolute Gasteiger partial charge is 0.334 e. The fourth-order valence-corrected chi connectivity index (χ4v) is 2.96. The van der Waals surface area contributed by atoms with E-state index in [9.17, 15) is 4.79 Å². The van der Waals surface area contributed by atoms with Gasteiger partial charge in [-0.05, 0) is 12.1 Å². The maximum atomic E-state index is 15.3. The lowest BCUT2D eigenvalue weighted by Crippen LogP contribution is -2.33. The van der Waals surface area contributed by atoms with Crippen LogP contribution in [-0.4, -0.2) is 43.6 Å². The van der Waals surface area contributed by atoms with Crippen LogP contribution in [0, 0.1) is 0 Å². The highest BCUT2D eigenvalue weighted by Gasteiger charge is 2.46. The van der Waals surface area contributed by atoms with Crippen molar-refractivity contribution in [3.05, 3.63) is 54.4 Å². The third-order valence-corrected chi connectivity index (χ3v) is 4.39. The lowest BCUT2D eigenvalue weighted by molar-refractivity contribution is 0.0733.